The summed E-state index contributed by atoms with van der Waals surface area (Å²) in [5.74, 6) is 0.480. The first-order valence-corrected chi connectivity index (χ1v) is 5.80. The van der Waals surface area contributed by atoms with Crippen molar-refractivity contribution in [2.75, 3.05) is 19.6 Å². The predicted molar refractivity (Wildman–Crippen MR) is 53.9 cm³/mol. The van der Waals surface area contributed by atoms with Crippen molar-refractivity contribution in [1.29, 1.82) is 0 Å². The third kappa shape index (κ3) is 2.45. The van der Waals surface area contributed by atoms with Crippen LogP contribution < -0.4 is 0 Å². The minimum atomic E-state index is -0.661. The highest BCUT2D eigenvalue weighted by molar-refractivity contribution is 4.81. The summed E-state index contributed by atoms with van der Waals surface area (Å²) < 4.78 is 12.9. The lowest BCUT2D eigenvalue weighted by Gasteiger charge is -2.23. The fourth-order valence-electron chi connectivity index (χ4n) is 2.71. The Hall–Kier alpha value is -0.150. The summed E-state index contributed by atoms with van der Waals surface area (Å²) in [7, 11) is 0. The Kier molecular flexibility index (Phi) is 3.39. The number of β-amino-alcohol motifs (C(OH)–C–C–N with tert-alkyl or cyclic N) is 1. The van der Waals surface area contributed by atoms with Gasteiger partial charge in [-0.25, -0.2) is 4.39 Å². The van der Waals surface area contributed by atoms with Crippen molar-refractivity contribution in [1.82, 2.24) is 4.90 Å². The number of aliphatic hydroxyl groups excluding tert-OH is 1. The van der Waals surface area contributed by atoms with E-state index in [1.807, 2.05) is 0 Å². The van der Waals surface area contributed by atoms with E-state index in [1.54, 1.807) is 0 Å². The van der Waals surface area contributed by atoms with Gasteiger partial charge in [-0.1, -0.05) is 12.8 Å². The second-order valence-electron chi connectivity index (χ2n) is 4.76. The third-order valence-corrected chi connectivity index (χ3v) is 3.60. The molecule has 1 aliphatic heterocycles. The van der Waals surface area contributed by atoms with Crippen molar-refractivity contribution in [2.45, 2.75) is 44.4 Å². The molecule has 2 aliphatic rings. The van der Waals surface area contributed by atoms with Gasteiger partial charge in [0.25, 0.3) is 0 Å². The van der Waals surface area contributed by atoms with Crippen LogP contribution >= 0.6 is 0 Å². The van der Waals surface area contributed by atoms with E-state index < -0.39 is 6.17 Å². The summed E-state index contributed by atoms with van der Waals surface area (Å²) in [5, 5.41) is 9.93. The van der Waals surface area contributed by atoms with Gasteiger partial charge in [0.05, 0.1) is 6.10 Å². The molecular formula is C11H20FNO. The lowest BCUT2D eigenvalue weighted by atomic mass is 10.0. The van der Waals surface area contributed by atoms with Gasteiger partial charge in [-0.05, 0) is 25.2 Å². The van der Waals surface area contributed by atoms with Crippen molar-refractivity contribution in [2.24, 2.45) is 5.92 Å². The fourth-order valence-corrected chi connectivity index (χ4v) is 2.71. The van der Waals surface area contributed by atoms with Crippen LogP contribution in [0.1, 0.15) is 32.1 Å². The lowest BCUT2D eigenvalue weighted by molar-refractivity contribution is 0.0720. The average molecular weight is 201 g/mol. The molecule has 0 bridgehead atoms. The number of rotatable bonds is 3. The molecule has 1 heterocycles. The first kappa shape index (κ1) is 10.4. The number of likely N-dealkylation sites (tertiary alicyclic amines) is 1. The third-order valence-electron chi connectivity index (χ3n) is 3.60. The van der Waals surface area contributed by atoms with E-state index in [2.05, 4.69) is 4.90 Å². The maximum Gasteiger partial charge on any atom is 0.114 e. The zero-order valence-electron chi connectivity index (χ0n) is 8.66. The first-order chi connectivity index (χ1) is 6.75. The Morgan fingerprint density at radius 3 is 2.57 bits per heavy atom. The van der Waals surface area contributed by atoms with Gasteiger partial charge in [-0.3, -0.25) is 4.90 Å². The molecule has 0 aromatic rings. The van der Waals surface area contributed by atoms with Crippen molar-refractivity contribution in [3.63, 3.8) is 0 Å². The Morgan fingerprint density at radius 2 is 2.00 bits per heavy atom. The molecule has 0 aromatic heterocycles. The van der Waals surface area contributed by atoms with Gasteiger partial charge < -0.3 is 5.11 Å². The van der Waals surface area contributed by atoms with Crippen molar-refractivity contribution in [3.8, 4) is 0 Å². The Balaban J connectivity index is 1.73. The van der Waals surface area contributed by atoms with Crippen LogP contribution in [0, 0.1) is 5.92 Å². The maximum atomic E-state index is 12.9. The molecule has 0 amide bonds. The van der Waals surface area contributed by atoms with Gasteiger partial charge in [0.1, 0.15) is 6.17 Å². The molecule has 0 spiro atoms. The molecule has 0 aromatic carbocycles. The minimum absolute atomic E-state index is 0.220. The Labute approximate surface area is 85.1 Å². The van der Waals surface area contributed by atoms with Crippen LogP contribution in [0.2, 0.25) is 0 Å². The minimum Gasteiger partial charge on any atom is -0.392 e. The number of hydrogen-bond acceptors (Lipinski definition) is 2. The number of aliphatic hydroxyl groups is 1. The highest BCUT2D eigenvalue weighted by Gasteiger charge is 2.28. The largest absolute Gasteiger partial charge is 0.392 e. The van der Waals surface area contributed by atoms with Gasteiger partial charge in [-0.2, -0.15) is 0 Å². The number of hydrogen-bond donors (Lipinski definition) is 1. The van der Waals surface area contributed by atoms with E-state index in [4.69, 9.17) is 0 Å². The van der Waals surface area contributed by atoms with Crippen LogP contribution in [-0.2, 0) is 0 Å². The van der Waals surface area contributed by atoms with E-state index in [-0.39, 0.29) is 6.10 Å². The van der Waals surface area contributed by atoms with Crippen LogP contribution in [0.4, 0.5) is 4.39 Å². The number of halogens is 1. The second-order valence-corrected chi connectivity index (χ2v) is 4.76. The topological polar surface area (TPSA) is 23.5 Å². The molecule has 2 unspecified atom stereocenters. The van der Waals surface area contributed by atoms with Crippen LogP contribution in [0.3, 0.4) is 0 Å². The number of nitrogens with zero attached hydrogens (tertiary/aromatic N) is 1. The van der Waals surface area contributed by atoms with Crippen LogP contribution in [-0.4, -0.2) is 41.9 Å². The molecule has 3 heteroatoms. The molecule has 1 N–H and O–H groups in total. The van der Waals surface area contributed by atoms with E-state index in [1.165, 1.54) is 12.8 Å². The predicted octanol–water partition coefficient (Wildman–Crippen LogP) is 1.58. The van der Waals surface area contributed by atoms with Crippen molar-refractivity contribution < 1.29 is 9.50 Å². The quantitative estimate of drug-likeness (QED) is 0.749. The Morgan fingerprint density at radius 1 is 1.29 bits per heavy atom. The van der Waals surface area contributed by atoms with Gasteiger partial charge >= 0.3 is 0 Å². The lowest BCUT2D eigenvalue weighted by Crippen LogP contribution is -2.34. The normalized spacial score (nSPS) is 32.6. The summed E-state index contributed by atoms with van der Waals surface area (Å²) in [5.41, 5.74) is 0. The van der Waals surface area contributed by atoms with Crippen LogP contribution in [0.25, 0.3) is 0 Å². The molecule has 1 aliphatic carbocycles. The van der Waals surface area contributed by atoms with Gasteiger partial charge in [0, 0.05) is 19.6 Å². The summed E-state index contributed by atoms with van der Waals surface area (Å²) in [6.07, 6.45) is 4.61. The van der Waals surface area contributed by atoms with E-state index >= 15 is 0 Å². The highest BCUT2D eigenvalue weighted by Crippen LogP contribution is 2.28. The van der Waals surface area contributed by atoms with Crippen LogP contribution in [0.15, 0.2) is 0 Å². The summed E-state index contributed by atoms with van der Waals surface area (Å²) in [6.45, 7) is 2.04. The zero-order chi connectivity index (χ0) is 9.97. The molecular weight excluding hydrogens is 181 g/mol. The number of alkyl halides is 1. The standard InChI is InChI=1S/C11H20FNO/c12-10-5-6-13(7-10)8-11(14)9-3-1-2-4-9/h9-11,14H,1-8H2. The van der Waals surface area contributed by atoms with E-state index in [0.717, 1.165) is 19.4 Å². The summed E-state index contributed by atoms with van der Waals surface area (Å²) >= 11 is 0. The molecule has 2 atom stereocenters. The monoisotopic (exact) mass is 201 g/mol. The molecule has 2 fully saturated rings. The average Bonchev–Trinajstić information content (AvgIpc) is 2.75. The van der Waals surface area contributed by atoms with E-state index in [9.17, 15) is 9.50 Å². The summed E-state index contributed by atoms with van der Waals surface area (Å²) in [4.78, 5) is 2.06. The summed E-state index contributed by atoms with van der Waals surface area (Å²) in [6, 6.07) is 0. The molecule has 14 heavy (non-hydrogen) atoms. The van der Waals surface area contributed by atoms with Gasteiger partial charge in [0.15, 0.2) is 0 Å². The zero-order valence-corrected chi connectivity index (χ0v) is 8.66. The molecule has 1 saturated heterocycles. The molecule has 0 radical (unpaired) electrons. The van der Waals surface area contributed by atoms with Crippen molar-refractivity contribution >= 4 is 0 Å². The van der Waals surface area contributed by atoms with Crippen LogP contribution in [0.5, 0.6) is 0 Å². The molecule has 1 saturated carbocycles. The molecule has 82 valence electrons. The first-order valence-electron chi connectivity index (χ1n) is 5.80. The fraction of sp³-hybridized carbons (Fsp3) is 1.00. The Bertz CT molecular complexity index is 182. The highest BCUT2D eigenvalue weighted by atomic mass is 19.1. The van der Waals surface area contributed by atoms with Gasteiger partial charge in [0.2, 0.25) is 0 Å². The van der Waals surface area contributed by atoms with E-state index in [0.29, 0.717) is 25.4 Å². The molecule has 2 nitrogen and oxygen atoms in total. The molecule has 2 rings (SSSR count). The van der Waals surface area contributed by atoms with Crippen molar-refractivity contribution in [3.05, 3.63) is 0 Å². The van der Waals surface area contributed by atoms with Gasteiger partial charge in [-0.15, -0.1) is 0 Å². The second kappa shape index (κ2) is 4.58. The maximum absolute atomic E-state index is 12.9. The SMILES string of the molecule is OC(CN1CCC(F)C1)C1CCCC1. The smallest absolute Gasteiger partial charge is 0.114 e.